The van der Waals surface area contributed by atoms with Gasteiger partial charge in [0.15, 0.2) is 0 Å². The van der Waals surface area contributed by atoms with Crippen molar-refractivity contribution < 1.29 is 23.9 Å². The standard InChI is InChI=1S/C18H16BrNO5S/c1-24-17(22)11-7-8-12-13(11)14(18(23)25-2)16(26-12)20-15(21)9-3-5-10(19)6-4-9/h3-6,11H,7-8H2,1-2H3,(H,20,21). The van der Waals surface area contributed by atoms with E-state index >= 15 is 0 Å². The first-order chi connectivity index (χ1) is 12.5. The molecular formula is C18H16BrNO5S. The van der Waals surface area contributed by atoms with Crippen molar-refractivity contribution in [3.63, 3.8) is 0 Å². The maximum Gasteiger partial charge on any atom is 0.341 e. The van der Waals surface area contributed by atoms with Gasteiger partial charge in [-0.3, -0.25) is 9.59 Å². The third-order valence-electron chi connectivity index (χ3n) is 4.24. The number of hydrogen-bond acceptors (Lipinski definition) is 6. The molecule has 136 valence electrons. The van der Waals surface area contributed by atoms with E-state index in [1.807, 2.05) is 0 Å². The molecule has 8 heteroatoms. The number of nitrogens with one attached hydrogen (secondary N) is 1. The van der Waals surface area contributed by atoms with E-state index < -0.39 is 17.9 Å². The van der Waals surface area contributed by atoms with E-state index in [4.69, 9.17) is 9.47 Å². The van der Waals surface area contributed by atoms with Gasteiger partial charge in [0.1, 0.15) is 5.00 Å². The number of halogens is 1. The molecular weight excluding hydrogens is 422 g/mol. The molecule has 26 heavy (non-hydrogen) atoms. The summed E-state index contributed by atoms with van der Waals surface area (Å²) in [7, 11) is 2.59. The first kappa shape index (κ1) is 18.6. The third kappa shape index (κ3) is 3.39. The van der Waals surface area contributed by atoms with E-state index in [2.05, 4.69) is 21.2 Å². The van der Waals surface area contributed by atoms with Crippen LogP contribution >= 0.6 is 27.3 Å². The van der Waals surface area contributed by atoms with Gasteiger partial charge >= 0.3 is 11.9 Å². The van der Waals surface area contributed by atoms with Gasteiger partial charge in [-0.15, -0.1) is 11.3 Å². The molecule has 1 aliphatic carbocycles. The summed E-state index contributed by atoms with van der Waals surface area (Å²) in [5.74, 6) is -1.82. The molecule has 1 amide bonds. The second kappa shape index (κ2) is 7.59. The number of esters is 2. The van der Waals surface area contributed by atoms with Crippen molar-refractivity contribution in [2.75, 3.05) is 19.5 Å². The number of thiophene rings is 1. The number of aryl methyl sites for hydroxylation is 1. The Hall–Kier alpha value is -2.19. The minimum Gasteiger partial charge on any atom is -0.469 e. The molecule has 1 aromatic carbocycles. The molecule has 2 aromatic rings. The fourth-order valence-corrected chi connectivity index (χ4v) is 4.54. The number of rotatable bonds is 4. The van der Waals surface area contributed by atoms with Crippen LogP contribution in [0, 0.1) is 0 Å². The minimum absolute atomic E-state index is 0.242. The van der Waals surface area contributed by atoms with Crippen LogP contribution in [-0.4, -0.2) is 32.1 Å². The summed E-state index contributed by atoms with van der Waals surface area (Å²) in [6.45, 7) is 0. The van der Waals surface area contributed by atoms with Crippen LogP contribution in [0.4, 0.5) is 5.00 Å². The van der Waals surface area contributed by atoms with Crippen LogP contribution in [0.25, 0.3) is 0 Å². The zero-order valence-corrected chi connectivity index (χ0v) is 16.5. The molecule has 1 aliphatic rings. The molecule has 1 aromatic heterocycles. The highest BCUT2D eigenvalue weighted by molar-refractivity contribution is 9.10. The third-order valence-corrected chi connectivity index (χ3v) is 5.95. The van der Waals surface area contributed by atoms with Crippen LogP contribution in [0.15, 0.2) is 28.7 Å². The summed E-state index contributed by atoms with van der Waals surface area (Å²) in [5.41, 5.74) is 1.31. The summed E-state index contributed by atoms with van der Waals surface area (Å²) in [6, 6.07) is 6.88. The van der Waals surface area contributed by atoms with Crippen molar-refractivity contribution in [2.24, 2.45) is 0 Å². The van der Waals surface area contributed by atoms with Gasteiger partial charge in [-0.05, 0) is 42.7 Å². The molecule has 0 spiro atoms. The Bertz CT molecular complexity index is 874. The van der Waals surface area contributed by atoms with Crippen LogP contribution in [0.3, 0.4) is 0 Å². The van der Waals surface area contributed by atoms with Gasteiger partial charge in [0.25, 0.3) is 5.91 Å². The van der Waals surface area contributed by atoms with Crippen LogP contribution in [-0.2, 0) is 20.7 Å². The normalized spacial score (nSPS) is 15.3. The molecule has 0 saturated carbocycles. The highest BCUT2D eigenvalue weighted by Gasteiger charge is 2.38. The summed E-state index contributed by atoms with van der Waals surface area (Å²) in [5, 5.41) is 3.17. The summed E-state index contributed by atoms with van der Waals surface area (Å²) in [6.07, 6.45) is 1.23. The molecule has 0 saturated heterocycles. The van der Waals surface area contributed by atoms with Gasteiger partial charge in [-0.2, -0.15) is 0 Å². The van der Waals surface area contributed by atoms with Crippen LogP contribution < -0.4 is 5.32 Å². The number of ether oxygens (including phenoxy) is 2. The van der Waals surface area contributed by atoms with Gasteiger partial charge in [-0.1, -0.05) is 15.9 Å². The van der Waals surface area contributed by atoms with Gasteiger partial charge in [0.2, 0.25) is 0 Å². The molecule has 1 atom stereocenters. The van der Waals surface area contributed by atoms with Gasteiger partial charge in [-0.25, -0.2) is 4.79 Å². The molecule has 1 N–H and O–H groups in total. The highest BCUT2D eigenvalue weighted by atomic mass is 79.9. The second-order valence-corrected chi connectivity index (χ2v) is 7.73. The molecule has 0 radical (unpaired) electrons. The van der Waals surface area contributed by atoms with Crippen molar-refractivity contribution in [1.29, 1.82) is 0 Å². The predicted molar refractivity (Wildman–Crippen MR) is 101 cm³/mol. The predicted octanol–water partition coefficient (Wildman–Crippen LogP) is 3.75. The number of amides is 1. The van der Waals surface area contributed by atoms with Crippen LogP contribution in [0.5, 0.6) is 0 Å². The fraction of sp³-hybridized carbons (Fsp3) is 0.278. The Morgan fingerprint density at radius 1 is 1.15 bits per heavy atom. The largest absolute Gasteiger partial charge is 0.469 e. The lowest BCUT2D eigenvalue weighted by Crippen LogP contribution is -2.17. The minimum atomic E-state index is -0.579. The Labute approximate surface area is 162 Å². The zero-order chi connectivity index (χ0) is 18.8. The van der Waals surface area contributed by atoms with E-state index in [-0.39, 0.29) is 11.5 Å². The van der Waals surface area contributed by atoms with Gasteiger partial charge in [0.05, 0.1) is 25.7 Å². The summed E-state index contributed by atoms with van der Waals surface area (Å²) in [4.78, 5) is 37.8. The highest BCUT2D eigenvalue weighted by Crippen LogP contribution is 2.46. The number of benzene rings is 1. The topological polar surface area (TPSA) is 81.7 Å². The lowest BCUT2D eigenvalue weighted by atomic mass is 9.99. The maximum absolute atomic E-state index is 12.5. The van der Waals surface area contributed by atoms with E-state index in [0.717, 1.165) is 9.35 Å². The molecule has 0 bridgehead atoms. The Balaban J connectivity index is 1.98. The number of fused-ring (bicyclic) bond motifs is 1. The first-order valence-corrected chi connectivity index (χ1v) is 9.45. The van der Waals surface area contributed by atoms with Gasteiger partial charge < -0.3 is 14.8 Å². The lowest BCUT2D eigenvalue weighted by Gasteiger charge is -2.11. The second-order valence-electron chi connectivity index (χ2n) is 5.71. The van der Waals surface area contributed by atoms with Crippen LogP contribution in [0.1, 0.15) is 43.5 Å². The van der Waals surface area contributed by atoms with E-state index in [1.165, 1.54) is 25.6 Å². The monoisotopic (exact) mass is 437 g/mol. The lowest BCUT2D eigenvalue weighted by molar-refractivity contribution is -0.142. The average molecular weight is 438 g/mol. The quantitative estimate of drug-likeness (QED) is 0.736. The van der Waals surface area contributed by atoms with E-state index in [9.17, 15) is 14.4 Å². The van der Waals surface area contributed by atoms with E-state index in [0.29, 0.717) is 29.0 Å². The number of hydrogen-bond donors (Lipinski definition) is 1. The molecule has 0 fully saturated rings. The first-order valence-electron chi connectivity index (χ1n) is 7.84. The van der Waals surface area contributed by atoms with Crippen molar-refractivity contribution in [1.82, 2.24) is 0 Å². The zero-order valence-electron chi connectivity index (χ0n) is 14.1. The smallest absolute Gasteiger partial charge is 0.341 e. The van der Waals surface area contributed by atoms with Crippen LogP contribution in [0.2, 0.25) is 0 Å². The van der Waals surface area contributed by atoms with Crippen molar-refractivity contribution in [2.45, 2.75) is 18.8 Å². The number of carbonyl (C=O) groups is 3. The Morgan fingerprint density at radius 3 is 2.46 bits per heavy atom. The Morgan fingerprint density at radius 2 is 1.85 bits per heavy atom. The maximum atomic E-state index is 12.5. The molecule has 0 aliphatic heterocycles. The average Bonchev–Trinajstić information content (AvgIpc) is 3.19. The van der Waals surface area contributed by atoms with Gasteiger partial charge in [0, 0.05) is 14.9 Å². The molecule has 6 nitrogen and oxygen atoms in total. The fourth-order valence-electron chi connectivity index (χ4n) is 3.01. The Kier molecular flexibility index (Phi) is 5.43. The summed E-state index contributed by atoms with van der Waals surface area (Å²) >= 11 is 4.62. The van der Waals surface area contributed by atoms with Crippen molar-refractivity contribution in [3.05, 3.63) is 50.3 Å². The molecule has 1 unspecified atom stereocenters. The SMILES string of the molecule is COC(=O)c1c(NC(=O)c2ccc(Br)cc2)sc2c1C(C(=O)OC)CC2. The number of anilines is 1. The van der Waals surface area contributed by atoms with Crippen molar-refractivity contribution in [3.8, 4) is 0 Å². The van der Waals surface area contributed by atoms with Crippen molar-refractivity contribution >= 4 is 50.1 Å². The molecule has 3 rings (SSSR count). The molecule has 1 heterocycles. The number of methoxy groups -OCH3 is 2. The van der Waals surface area contributed by atoms with E-state index in [1.54, 1.807) is 24.3 Å². The summed E-state index contributed by atoms with van der Waals surface area (Å²) < 4.78 is 10.6. The number of carbonyl (C=O) groups excluding carboxylic acids is 3.